The lowest BCUT2D eigenvalue weighted by Gasteiger charge is -2.12. The van der Waals surface area contributed by atoms with Gasteiger partial charge in [0.2, 0.25) is 0 Å². The molecule has 4 heterocycles. The van der Waals surface area contributed by atoms with Crippen molar-refractivity contribution in [3.63, 3.8) is 0 Å². The molecule has 0 N–H and O–H groups in total. The minimum atomic E-state index is 0.595. The third-order valence-electron chi connectivity index (χ3n) is 9.04. The summed E-state index contributed by atoms with van der Waals surface area (Å²) in [5.41, 5.74) is 8.22. The SMILES string of the molecule is c1ccc(-c2nc(-c3ccc4c(-c5cccc6oc7cnccc7c56)cccc4c3)nc(-c3cccc4oc5ccccc5c34)n2)cc1. The molecule has 6 heteroatoms. The molecular weight excluding hydrogens is 592 g/mol. The summed E-state index contributed by atoms with van der Waals surface area (Å²) < 4.78 is 12.4. The fourth-order valence-electron chi connectivity index (χ4n) is 6.87. The molecule has 224 valence electrons. The van der Waals surface area contributed by atoms with Gasteiger partial charge in [0, 0.05) is 44.4 Å². The molecular formula is C42H24N4O2. The van der Waals surface area contributed by atoms with Crippen LogP contribution in [0.15, 0.2) is 155 Å². The minimum Gasteiger partial charge on any atom is -0.456 e. The third kappa shape index (κ3) is 4.13. The zero-order chi connectivity index (χ0) is 31.6. The highest BCUT2D eigenvalue weighted by molar-refractivity contribution is 6.15. The zero-order valence-electron chi connectivity index (χ0n) is 25.5. The maximum Gasteiger partial charge on any atom is 0.164 e. The average molecular weight is 617 g/mol. The summed E-state index contributed by atoms with van der Waals surface area (Å²) in [5, 5.41) is 6.37. The van der Waals surface area contributed by atoms with Crippen molar-refractivity contribution in [2.75, 3.05) is 0 Å². The molecule has 10 rings (SSSR count). The number of pyridine rings is 1. The average Bonchev–Trinajstić information content (AvgIpc) is 3.73. The van der Waals surface area contributed by atoms with Crippen molar-refractivity contribution in [1.29, 1.82) is 0 Å². The van der Waals surface area contributed by atoms with Crippen LogP contribution in [0, 0.1) is 0 Å². The Balaban J connectivity index is 1.17. The number of hydrogen-bond acceptors (Lipinski definition) is 6. The van der Waals surface area contributed by atoms with Gasteiger partial charge < -0.3 is 8.83 Å². The Morgan fingerprint density at radius 1 is 0.396 bits per heavy atom. The summed E-state index contributed by atoms with van der Waals surface area (Å²) in [6.07, 6.45) is 3.59. The van der Waals surface area contributed by atoms with Gasteiger partial charge in [-0.15, -0.1) is 0 Å². The van der Waals surface area contributed by atoms with Gasteiger partial charge in [-0.3, -0.25) is 4.98 Å². The van der Waals surface area contributed by atoms with E-state index in [0.29, 0.717) is 17.5 Å². The molecule has 10 aromatic rings. The van der Waals surface area contributed by atoms with Gasteiger partial charge in [0.05, 0.1) is 6.20 Å². The predicted molar refractivity (Wildman–Crippen MR) is 191 cm³/mol. The zero-order valence-corrected chi connectivity index (χ0v) is 25.5. The first-order valence-electron chi connectivity index (χ1n) is 15.8. The summed E-state index contributed by atoms with van der Waals surface area (Å²) in [6.45, 7) is 0. The van der Waals surface area contributed by atoms with E-state index in [1.54, 1.807) is 6.20 Å². The number of nitrogens with zero attached hydrogens (tertiary/aromatic N) is 4. The van der Waals surface area contributed by atoms with Crippen LogP contribution in [0.25, 0.3) is 99.9 Å². The minimum absolute atomic E-state index is 0.595. The molecule has 0 aliphatic carbocycles. The normalized spacial score (nSPS) is 11.8. The number of rotatable bonds is 4. The molecule has 0 fully saturated rings. The van der Waals surface area contributed by atoms with Crippen LogP contribution >= 0.6 is 0 Å². The quantitative estimate of drug-likeness (QED) is 0.196. The number of aromatic nitrogens is 4. The van der Waals surface area contributed by atoms with Crippen molar-refractivity contribution in [3.05, 3.63) is 146 Å². The molecule has 4 aromatic heterocycles. The summed E-state index contributed by atoms with van der Waals surface area (Å²) >= 11 is 0. The highest BCUT2D eigenvalue weighted by Crippen LogP contribution is 2.40. The molecule has 0 amide bonds. The van der Waals surface area contributed by atoms with Crippen molar-refractivity contribution in [1.82, 2.24) is 19.9 Å². The summed E-state index contributed by atoms with van der Waals surface area (Å²) in [6, 6.07) is 45.2. The maximum atomic E-state index is 6.21. The number of para-hydroxylation sites is 1. The van der Waals surface area contributed by atoms with Crippen molar-refractivity contribution in [3.8, 4) is 45.3 Å². The predicted octanol–water partition coefficient (Wildman–Crippen LogP) is 10.9. The van der Waals surface area contributed by atoms with Gasteiger partial charge >= 0.3 is 0 Å². The first-order chi connectivity index (χ1) is 23.8. The first kappa shape index (κ1) is 26.5. The Morgan fingerprint density at radius 2 is 1.04 bits per heavy atom. The highest BCUT2D eigenvalue weighted by atomic mass is 16.3. The second kappa shape index (κ2) is 10.4. The topological polar surface area (TPSA) is 77.8 Å². The van der Waals surface area contributed by atoms with Crippen molar-refractivity contribution < 1.29 is 8.83 Å². The van der Waals surface area contributed by atoms with Crippen LogP contribution in [0.2, 0.25) is 0 Å². The van der Waals surface area contributed by atoms with Crippen LogP contribution in [0.3, 0.4) is 0 Å². The van der Waals surface area contributed by atoms with E-state index in [1.807, 2.05) is 85.1 Å². The van der Waals surface area contributed by atoms with Crippen molar-refractivity contribution in [2.24, 2.45) is 0 Å². The van der Waals surface area contributed by atoms with Crippen LogP contribution in [0.1, 0.15) is 0 Å². The molecule has 6 aromatic carbocycles. The Morgan fingerprint density at radius 3 is 1.92 bits per heavy atom. The van der Waals surface area contributed by atoms with Gasteiger partial charge in [0.15, 0.2) is 23.1 Å². The largest absolute Gasteiger partial charge is 0.456 e. The van der Waals surface area contributed by atoms with Crippen molar-refractivity contribution in [2.45, 2.75) is 0 Å². The third-order valence-corrected chi connectivity index (χ3v) is 9.04. The molecule has 0 saturated heterocycles. The molecule has 0 aliphatic rings. The Kier molecular flexibility index (Phi) is 5.77. The standard InChI is InChI=1S/C42H24N4O2/c1-2-9-25(10-3-1)40-44-41(46-42(45-40)33-15-8-18-36-39(33)31-12-4-5-16-34(31)47-36)27-19-20-28-26(23-27)11-6-13-29(28)30-14-7-17-35-38(30)32-21-22-43-24-37(32)48-35/h1-24H. The van der Waals surface area contributed by atoms with Gasteiger partial charge in [-0.2, -0.15) is 0 Å². The summed E-state index contributed by atoms with van der Waals surface area (Å²) in [5.74, 6) is 1.81. The van der Waals surface area contributed by atoms with E-state index < -0.39 is 0 Å². The van der Waals surface area contributed by atoms with Gasteiger partial charge in [-0.1, -0.05) is 103 Å². The van der Waals surface area contributed by atoms with Gasteiger partial charge in [-0.05, 0) is 52.2 Å². The lowest BCUT2D eigenvalue weighted by molar-refractivity contribution is 0.667. The van der Waals surface area contributed by atoms with E-state index in [0.717, 1.165) is 82.5 Å². The lowest BCUT2D eigenvalue weighted by Crippen LogP contribution is -2.00. The van der Waals surface area contributed by atoms with Gasteiger partial charge in [0.25, 0.3) is 0 Å². The lowest BCUT2D eigenvalue weighted by atomic mass is 9.94. The fraction of sp³-hybridized carbons (Fsp3) is 0. The number of fused-ring (bicyclic) bond motifs is 7. The number of furan rings is 2. The van der Waals surface area contributed by atoms with Crippen LogP contribution in [0.5, 0.6) is 0 Å². The molecule has 48 heavy (non-hydrogen) atoms. The summed E-state index contributed by atoms with van der Waals surface area (Å²) in [4.78, 5) is 19.4. The monoisotopic (exact) mass is 616 g/mol. The van der Waals surface area contributed by atoms with Gasteiger partial charge in [-0.25, -0.2) is 15.0 Å². The van der Waals surface area contributed by atoms with Crippen LogP contribution < -0.4 is 0 Å². The molecule has 0 saturated carbocycles. The molecule has 0 atom stereocenters. The fourth-order valence-corrected chi connectivity index (χ4v) is 6.87. The molecule has 6 nitrogen and oxygen atoms in total. The number of hydrogen-bond donors (Lipinski definition) is 0. The van der Waals surface area contributed by atoms with E-state index in [2.05, 4.69) is 59.6 Å². The molecule has 0 unspecified atom stereocenters. The second-order valence-corrected chi connectivity index (χ2v) is 11.8. The Hall–Kier alpha value is -6.66. The Labute approximate surface area is 274 Å². The first-order valence-corrected chi connectivity index (χ1v) is 15.8. The van der Waals surface area contributed by atoms with E-state index in [4.69, 9.17) is 23.8 Å². The molecule has 0 spiro atoms. The second-order valence-electron chi connectivity index (χ2n) is 11.8. The summed E-state index contributed by atoms with van der Waals surface area (Å²) in [7, 11) is 0. The molecule has 0 bridgehead atoms. The van der Waals surface area contributed by atoms with E-state index >= 15 is 0 Å². The molecule has 0 aliphatic heterocycles. The maximum absolute atomic E-state index is 6.21. The van der Waals surface area contributed by atoms with Crippen LogP contribution in [0.4, 0.5) is 0 Å². The number of benzene rings is 6. The smallest absolute Gasteiger partial charge is 0.164 e. The van der Waals surface area contributed by atoms with Gasteiger partial charge in [0.1, 0.15) is 16.7 Å². The Bertz CT molecular complexity index is 2850. The van der Waals surface area contributed by atoms with E-state index in [1.165, 1.54) is 0 Å². The van der Waals surface area contributed by atoms with Crippen LogP contribution in [-0.2, 0) is 0 Å². The van der Waals surface area contributed by atoms with E-state index in [-0.39, 0.29) is 0 Å². The van der Waals surface area contributed by atoms with Crippen molar-refractivity contribution >= 4 is 54.6 Å². The highest BCUT2D eigenvalue weighted by Gasteiger charge is 2.19. The molecule has 0 radical (unpaired) electrons. The van der Waals surface area contributed by atoms with E-state index in [9.17, 15) is 0 Å². The van der Waals surface area contributed by atoms with Crippen LogP contribution in [-0.4, -0.2) is 19.9 Å².